The van der Waals surface area contributed by atoms with E-state index in [9.17, 15) is 0 Å². The third kappa shape index (κ3) is 4.37. The van der Waals surface area contributed by atoms with Crippen LogP contribution in [0.2, 0.25) is 0 Å². The van der Waals surface area contributed by atoms with Gasteiger partial charge in [-0.3, -0.25) is 0 Å². The van der Waals surface area contributed by atoms with Crippen molar-refractivity contribution in [1.29, 1.82) is 5.26 Å². The Kier molecular flexibility index (Phi) is 5.23. The maximum atomic E-state index is 8.47. The first kappa shape index (κ1) is 12.1. The van der Waals surface area contributed by atoms with E-state index in [4.69, 9.17) is 5.26 Å². The second kappa shape index (κ2) is 6.49. The van der Waals surface area contributed by atoms with Crippen molar-refractivity contribution in [2.24, 2.45) is 0 Å². The van der Waals surface area contributed by atoms with Gasteiger partial charge in [0, 0.05) is 24.4 Å². The third-order valence-electron chi connectivity index (χ3n) is 2.22. The summed E-state index contributed by atoms with van der Waals surface area (Å²) < 4.78 is 0. The Morgan fingerprint density at radius 2 is 2.00 bits per heavy atom. The van der Waals surface area contributed by atoms with Crippen LogP contribution in [-0.4, -0.2) is 24.7 Å². The minimum atomic E-state index is 0.597. The molecule has 0 spiro atoms. The summed E-state index contributed by atoms with van der Waals surface area (Å²) in [5, 5.41) is 8.47. The summed E-state index contributed by atoms with van der Waals surface area (Å²) in [6.45, 7) is 1.75. The summed E-state index contributed by atoms with van der Waals surface area (Å²) in [6, 6.07) is 10.7. The van der Waals surface area contributed by atoms with Crippen LogP contribution in [0, 0.1) is 11.3 Å². The van der Waals surface area contributed by atoms with Crippen molar-refractivity contribution in [2.75, 3.05) is 19.8 Å². The maximum Gasteiger partial charge on any atom is 0.0635 e. The summed E-state index contributed by atoms with van der Waals surface area (Å²) in [6.07, 6.45) is 2.67. The van der Waals surface area contributed by atoms with Crippen LogP contribution in [0.4, 0.5) is 0 Å². The van der Waals surface area contributed by atoms with Gasteiger partial charge in [-0.25, -0.2) is 0 Å². The Morgan fingerprint density at radius 1 is 1.33 bits per heavy atom. The Hall–Kier alpha value is -0.980. The van der Waals surface area contributed by atoms with Gasteiger partial charge in [0.2, 0.25) is 0 Å². The monoisotopic (exact) mass is 220 g/mol. The molecule has 0 unspecified atom stereocenters. The molecule has 1 rings (SSSR count). The summed E-state index contributed by atoms with van der Waals surface area (Å²) in [5.74, 6) is 0. The number of hydrogen-bond donors (Lipinski definition) is 0. The van der Waals surface area contributed by atoms with E-state index in [1.807, 2.05) is 7.05 Å². The van der Waals surface area contributed by atoms with Crippen molar-refractivity contribution in [3.8, 4) is 6.07 Å². The van der Waals surface area contributed by atoms with Crippen LogP contribution in [0.1, 0.15) is 12.0 Å². The second-order valence-corrected chi connectivity index (χ2v) is 4.37. The first-order valence-corrected chi connectivity index (χ1v) is 6.17. The minimum absolute atomic E-state index is 0.597. The molecule has 0 fully saturated rings. The van der Waals surface area contributed by atoms with Gasteiger partial charge in [0.25, 0.3) is 0 Å². The highest BCUT2D eigenvalue weighted by atomic mass is 32.2. The van der Waals surface area contributed by atoms with Crippen molar-refractivity contribution < 1.29 is 0 Å². The van der Waals surface area contributed by atoms with E-state index < -0.39 is 0 Å². The minimum Gasteiger partial charge on any atom is -0.301 e. The molecular weight excluding hydrogens is 204 g/mol. The highest BCUT2D eigenvalue weighted by molar-refractivity contribution is 7.98. The van der Waals surface area contributed by atoms with Crippen molar-refractivity contribution in [3.05, 3.63) is 29.8 Å². The van der Waals surface area contributed by atoms with Gasteiger partial charge in [-0.15, -0.1) is 11.8 Å². The fraction of sp³-hybridized carbons (Fsp3) is 0.417. The quantitative estimate of drug-likeness (QED) is 0.714. The average molecular weight is 220 g/mol. The number of rotatable bonds is 5. The largest absolute Gasteiger partial charge is 0.301 e. The van der Waals surface area contributed by atoms with Crippen LogP contribution in [0.3, 0.4) is 0 Å². The molecule has 0 atom stereocenters. The molecule has 15 heavy (non-hydrogen) atoms. The van der Waals surface area contributed by atoms with E-state index in [2.05, 4.69) is 41.5 Å². The van der Waals surface area contributed by atoms with Crippen molar-refractivity contribution in [3.63, 3.8) is 0 Å². The van der Waals surface area contributed by atoms with Gasteiger partial charge in [-0.05, 0) is 31.0 Å². The number of nitriles is 1. The van der Waals surface area contributed by atoms with E-state index in [0.717, 1.165) is 13.1 Å². The molecule has 3 heteroatoms. The Morgan fingerprint density at radius 3 is 2.53 bits per heavy atom. The zero-order valence-corrected chi connectivity index (χ0v) is 10.0. The molecule has 0 amide bonds. The highest BCUT2D eigenvalue weighted by Gasteiger charge is 1.99. The van der Waals surface area contributed by atoms with Gasteiger partial charge in [-0.1, -0.05) is 12.1 Å². The fourth-order valence-corrected chi connectivity index (χ4v) is 1.77. The lowest BCUT2D eigenvalue weighted by Gasteiger charge is -2.14. The zero-order chi connectivity index (χ0) is 11.1. The SMILES string of the molecule is CSc1ccc(CN(C)CCC#N)cc1. The lowest BCUT2D eigenvalue weighted by molar-refractivity contribution is 0.335. The molecule has 0 aliphatic carbocycles. The third-order valence-corrected chi connectivity index (χ3v) is 2.96. The molecule has 1 aromatic rings. The molecule has 2 nitrogen and oxygen atoms in total. The number of nitrogens with zero attached hydrogens (tertiary/aromatic N) is 2. The molecule has 0 aliphatic rings. The normalized spacial score (nSPS) is 10.3. The molecule has 0 bridgehead atoms. The topological polar surface area (TPSA) is 27.0 Å². The Labute approximate surface area is 95.9 Å². The predicted octanol–water partition coefficient (Wildman–Crippen LogP) is 2.75. The lowest BCUT2D eigenvalue weighted by atomic mass is 10.2. The lowest BCUT2D eigenvalue weighted by Crippen LogP contribution is -2.18. The first-order valence-electron chi connectivity index (χ1n) is 4.94. The van der Waals surface area contributed by atoms with Gasteiger partial charge in [-0.2, -0.15) is 5.26 Å². The van der Waals surface area contributed by atoms with Gasteiger partial charge in [0.1, 0.15) is 0 Å². The smallest absolute Gasteiger partial charge is 0.0635 e. The van der Waals surface area contributed by atoms with Crippen molar-refractivity contribution in [2.45, 2.75) is 17.9 Å². The number of thioether (sulfide) groups is 1. The molecule has 0 saturated heterocycles. The van der Waals surface area contributed by atoms with Crippen LogP contribution in [0.5, 0.6) is 0 Å². The van der Waals surface area contributed by atoms with Crippen LogP contribution in [0.25, 0.3) is 0 Å². The van der Waals surface area contributed by atoms with E-state index in [1.165, 1.54) is 10.5 Å². The molecule has 80 valence electrons. The van der Waals surface area contributed by atoms with E-state index in [1.54, 1.807) is 11.8 Å². The van der Waals surface area contributed by atoms with Crippen LogP contribution < -0.4 is 0 Å². The van der Waals surface area contributed by atoms with E-state index in [-0.39, 0.29) is 0 Å². The molecule has 1 aromatic carbocycles. The molecule has 0 aliphatic heterocycles. The molecule has 0 heterocycles. The molecule has 0 saturated carbocycles. The van der Waals surface area contributed by atoms with Crippen molar-refractivity contribution in [1.82, 2.24) is 4.90 Å². The van der Waals surface area contributed by atoms with Gasteiger partial charge in [0.05, 0.1) is 6.07 Å². The predicted molar refractivity (Wildman–Crippen MR) is 64.8 cm³/mol. The van der Waals surface area contributed by atoms with E-state index >= 15 is 0 Å². The molecule has 0 aromatic heterocycles. The standard InChI is InChI=1S/C12H16N2S/c1-14(9-3-8-13)10-11-4-6-12(15-2)7-5-11/h4-7H,3,9-10H2,1-2H3. The summed E-state index contributed by atoms with van der Waals surface area (Å²) in [5.41, 5.74) is 1.30. The zero-order valence-electron chi connectivity index (χ0n) is 9.23. The van der Waals surface area contributed by atoms with Gasteiger partial charge >= 0.3 is 0 Å². The maximum absolute atomic E-state index is 8.47. The fourth-order valence-electron chi connectivity index (χ4n) is 1.36. The second-order valence-electron chi connectivity index (χ2n) is 3.49. The summed E-state index contributed by atoms with van der Waals surface area (Å²) >= 11 is 1.75. The van der Waals surface area contributed by atoms with Crippen LogP contribution in [0.15, 0.2) is 29.2 Å². The Bertz CT molecular complexity index is 326. The number of hydrogen-bond acceptors (Lipinski definition) is 3. The highest BCUT2D eigenvalue weighted by Crippen LogP contribution is 2.15. The molecule has 0 N–H and O–H groups in total. The average Bonchev–Trinajstić information content (AvgIpc) is 2.27. The van der Waals surface area contributed by atoms with Gasteiger partial charge < -0.3 is 4.90 Å². The van der Waals surface area contributed by atoms with Gasteiger partial charge in [0.15, 0.2) is 0 Å². The van der Waals surface area contributed by atoms with Crippen molar-refractivity contribution >= 4 is 11.8 Å². The van der Waals surface area contributed by atoms with Crippen LogP contribution in [-0.2, 0) is 6.54 Å². The first-order chi connectivity index (χ1) is 7.26. The summed E-state index contributed by atoms with van der Waals surface area (Å²) in [4.78, 5) is 3.45. The molecule has 0 radical (unpaired) electrons. The Balaban J connectivity index is 2.46. The van der Waals surface area contributed by atoms with Crippen LogP contribution >= 0.6 is 11.8 Å². The van der Waals surface area contributed by atoms with E-state index in [0.29, 0.717) is 6.42 Å². The summed E-state index contributed by atoms with van der Waals surface area (Å²) in [7, 11) is 2.04. The molecular formula is C12H16N2S. The number of benzene rings is 1.